The zero-order chi connectivity index (χ0) is 18.5. The highest BCUT2D eigenvalue weighted by molar-refractivity contribution is 7.52. The van der Waals surface area contributed by atoms with Crippen LogP contribution in [-0.4, -0.2) is 12.2 Å². The summed E-state index contributed by atoms with van der Waals surface area (Å²) >= 11 is 0. The van der Waals surface area contributed by atoms with Crippen LogP contribution in [0.2, 0.25) is 0 Å². The molecule has 8 unspecified atom stereocenters. The summed E-state index contributed by atoms with van der Waals surface area (Å²) < 4.78 is 13.9. The number of hydrogen-bond acceptors (Lipinski definition) is 2. The van der Waals surface area contributed by atoms with Gasteiger partial charge in [0.25, 0.3) is 0 Å². The molecular formula is C25H37O2P. The lowest BCUT2D eigenvalue weighted by Crippen LogP contribution is -2.51. The molecule has 0 amide bonds. The predicted octanol–water partition coefficient (Wildman–Crippen LogP) is 7.36. The van der Waals surface area contributed by atoms with Gasteiger partial charge in [0.15, 0.2) is 0 Å². The summed E-state index contributed by atoms with van der Waals surface area (Å²) in [5.41, 5.74) is 0. The minimum Gasteiger partial charge on any atom is -0.327 e. The average molecular weight is 401 g/mol. The van der Waals surface area contributed by atoms with Crippen molar-refractivity contribution >= 4 is 8.38 Å². The molecule has 1 saturated heterocycles. The molecule has 8 atom stereocenters. The van der Waals surface area contributed by atoms with Crippen LogP contribution >= 0.6 is 8.38 Å². The Labute approximate surface area is 172 Å². The molecule has 4 saturated carbocycles. The first kappa shape index (κ1) is 18.6. The van der Waals surface area contributed by atoms with E-state index in [2.05, 4.69) is 18.2 Å². The first-order valence-electron chi connectivity index (χ1n) is 12.4. The molecule has 28 heavy (non-hydrogen) atoms. The summed E-state index contributed by atoms with van der Waals surface area (Å²) in [6.45, 7) is 0. The molecule has 6 aliphatic rings. The summed E-state index contributed by atoms with van der Waals surface area (Å²) in [5.74, 6) is 5.39. The van der Waals surface area contributed by atoms with Gasteiger partial charge in [-0.1, -0.05) is 56.8 Å². The van der Waals surface area contributed by atoms with Gasteiger partial charge in [0.05, 0.1) is 12.2 Å². The predicted molar refractivity (Wildman–Crippen MR) is 115 cm³/mol. The molecule has 5 aliphatic carbocycles. The van der Waals surface area contributed by atoms with Crippen molar-refractivity contribution in [3.05, 3.63) is 23.5 Å². The Hall–Kier alpha value is -0.170. The second kappa shape index (κ2) is 7.82. The minimum absolute atomic E-state index is 0.469. The van der Waals surface area contributed by atoms with Gasteiger partial charge in [0, 0.05) is 5.31 Å². The summed E-state index contributed by atoms with van der Waals surface area (Å²) in [4.78, 5) is 0. The molecule has 1 aliphatic heterocycles. The Morgan fingerprint density at radius 2 is 1.25 bits per heavy atom. The van der Waals surface area contributed by atoms with Crippen LogP contribution in [0.3, 0.4) is 0 Å². The van der Waals surface area contributed by atoms with Crippen LogP contribution < -0.4 is 0 Å². The lowest BCUT2D eigenvalue weighted by Gasteiger charge is -2.53. The van der Waals surface area contributed by atoms with E-state index in [1.807, 2.05) is 0 Å². The highest BCUT2D eigenvalue weighted by Gasteiger charge is 2.55. The fourth-order valence-corrected chi connectivity index (χ4v) is 9.94. The Bertz CT molecular complexity index is 602. The summed E-state index contributed by atoms with van der Waals surface area (Å²) in [7, 11) is -0.862. The van der Waals surface area contributed by atoms with Gasteiger partial charge in [-0.15, -0.1) is 0 Å². The highest BCUT2D eigenvalue weighted by atomic mass is 31.2. The number of allylic oxidation sites excluding steroid dienone is 4. The highest BCUT2D eigenvalue weighted by Crippen LogP contribution is 2.64. The van der Waals surface area contributed by atoms with E-state index in [1.54, 1.807) is 0 Å². The number of rotatable bonds is 1. The van der Waals surface area contributed by atoms with Crippen LogP contribution in [0.1, 0.15) is 83.5 Å². The topological polar surface area (TPSA) is 18.5 Å². The normalized spacial score (nSPS) is 50.6. The Kier molecular flexibility index (Phi) is 5.19. The van der Waals surface area contributed by atoms with Crippen molar-refractivity contribution in [1.29, 1.82) is 0 Å². The van der Waals surface area contributed by atoms with Gasteiger partial charge in [-0.2, -0.15) is 0 Å². The number of hydrogen-bond donors (Lipinski definition) is 0. The van der Waals surface area contributed by atoms with Crippen LogP contribution in [-0.2, 0) is 9.05 Å². The molecule has 0 bridgehead atoms. The van der Waals surface area contributed by atoms with Gasteiger partial charge < -0.3 is 9.05 Å². The van der Waals surface area contributed by atoms with Crippen molar-refractivity contribution in [3.63, 3.8) is 0 Å². The summed E-state index contributed by atoms with van der Waals surface area (Å²) in [6.07, 6.45) is 26.1. The van der Waals surface area contributed by atoms with Gasteiger partial charge in [-0.25, -0.2) is 0 Å². The van der Waals surface area contributed by atoms with Gasteiger partial charge >= 0.3 is 0 Å². The molecule has 1 heterocycles. The molecule has 3 heteroatoms. The molecule has 0 aromatic rings. The van der Waals surface area contributed by atoms with E-state index < -0.39 is 8.38 Å². The molecule has 0 aromatic carbocycles. The molecule has 2 nitrogen and oxygen atoms in total. The van der Waals surface area contributed by atoms with E-state index in [1.165, 1.54) is 82.4 Å². The quantitative estimate of drug-likeness (QED) is 0.428. The first-order chi connectivity index (χ1) is 13.9. The van der Waals surface area contributed by atoms with Gasteiger partial charge in [-0.05, 0) is 80.5 Å². The van der Waals surface area contributed by atoms with Gasteiger partial charge in [-0.3, -0.25) is 0 Å². The van der Waals surface area contributed by atoms with Crippen molar-refractivity contribution < 1.29 is 9.05 Å². The zero-order valence-electron chi connectivity index (χ0n) is 17.3. The third-order valence-corrected chi connectivity index (χ3v) is 11.0. The van der Waals surface area contributed by atoms with E-state index in [0.717, 1.165) is 41.9 Å². The molecule has 154 valence electrons. The number of fused-ring (bicyclic) bond motifs is 7. The molecule has 0 spiro atoms. The van der Waals surface area contributed by atoms with E-state index >= 15 is 0 Å². The van der Waals surface area contributed by atoms with Crippen LogP contribution in [0.5, 0.6) is 0 Å². The van der Waals surface area contributed by atoms with Crippen molar-refractivity contribution in [3.8, 4) is 0 Å². The Balaban J connectivity index is 1.37. The second-order valence-electron chi connectivity index (χ2n) is 10.5. The standard InChI is InChI=1S/C25H37O2P/c1-5-11-20-17(7-1)13-15-22-24(20)25-21-12-6-2-8-18(21)14-16-23(25)27-28(26-22)19-9-3-4-10-19/h3,9-10,17-18,20-25H,1-2,4-8,11-16H2. The Morgan fingerprint density at radius 1 is 0.679 bits per heavy atom. The third-order valence-electron chi connectivity index (χ3n) is 9.30. The van der Waals surface area contributed by atoms with Crippen LogP contribution in [0.25, 0.3) is 0 Å². The van der Waals surface area contributed by atoms with Gasteiger partial charge in [0.1, 0.15) is 0 Å². The maximum Gasteiger partial charge on any atom is 0.205 e. The molecular weight excluding hydrogens is 363 g/mol. The monoisotopic (exact) mass is 400 g/mol. The molecule has 0 N–H and O–H groups in total. The SMILES string of the molecule is C1=CC(P2OC3CCC4CCCCC4C3C3C(CCC4CCCCC43)O2)=CC1. The lowest BCUT2D eigenvalue weighted by atomic mass is 9.53. The lowest BCUT2D eigenvalue weighted by molar-refractivity contribution is -0.0856. The van der Waals surface area contributed by atoms with Crippen LogP contribution in [0, 0.1) is 35.5 Å². The summed E-state index contributed by atoms with van der Waals surface area (Å²) in [6, 6.07) is 0. The second-order valence-corrected chi connectivity index (χ2v) is 12.0. The van der Waals surface area contributed by atoms with Crippen molar-refractivity contribution in [2.24, 2.45) is 35.5 Å². The smallest absolute Gasteiger partial charge is 0.205 e. The fraction of sp³-hybridized carbons (Fsp3) is 0.840. The maximum absolute atomic E-state index is 6.94. The maximum atomic E-state index is 6.94. The van der Waals surface area contributed by atoms with Gasteiger partial charge in [0.2, 0.25) is 8.38 Å². The average Bonchev–Trinajstić information content (AvgIpc) is 3.22. The van der Waals surface area contributed by atoms with E-state index in [-0.39, 0.29) is 0 Å². The molecule has 5 fully saturated rings. The van der Waals surface area contributed by atoms with Crippen molar-refractivity contribution in [2.75, 3.05) is 0 Å². The molecule has 0 radical (unpaired) electrons. The molecule has 6 rings (SSSR count). The summed E-state index contributed by atoms with van der Waals surface area (Å²) in [5, 5.41) is 1.37. The van der Waals surface area contributed by atoms with Crippen LogP contribution in [0.15, 0.2) is 23.5 Å². The van der Waals surface area contributed by atoms with E-state index in [4.69, 9.17) is 9.05 Å². The van der Waals surface area contributed by atoms with Crippen molar-refractivity contribution in [2.45, 2.75) is 95.7 Å². The third kappa shape index (κ3) is 3.17. The van der Waals surface area contributed by atoms with Crippen molar-refractivity contribution in [1.82, 2.24) is 0 Å². The first-order valence-corrected chi connectivity index (χ1v) is 13.6. The molecule has 0 aromatic heterocycles. The fourth-order valence-electron chi connectivity index (χ4n) is 8.18. The van der Waals surface area contributed by atoms with E-state index in [9.17, 15) is 0 Å². The Morgan fingerprint density at radius 3 is 1.79 bits per heavy atom. The largest absolute Gasteiger partial charge is 0.327 e. The van der Waals surface area contributed by atoms with E-state index in [0.29, 0.717) is 12.2 Å². The van der Waals surface area contributed by atoms with Crippen LogP contribution in [0.4, 0.5) is 0 Å². The minimum atomic E-state index is -0.862. The zero-order valence-corrected chi connectivity index (χ0v) is 18.2.